The van der Waals surface area contributed by atoms with Gasteiger partial charge in [-0.3, -0.25) is 0 Å². The molecular weight excluding hydrogens is 234 g/mol. The van der Waals surface area contributed by atoms with E-state index in [1.807, 2.05) is 31.2 Å². The van der Waals surface area contributed by atoms with Crippen LogP contribution < -0.4 is 4.74 Å². The first-order chi connectivity index (χ1) is 8.20. The van der Waals surface area contributed by atoms with Gasteiger partial charge in [-0.1, -0.05) is 12.1 Å². The fourth-order valence-electron chi connectivity index (χ4n) is 1.75. The van der Waals surface area contributed by atoms with Crippen LogP contribution in [-0.4, -0.2) is 17.2 Å². The first-order valence-corrected chi connectivity index (χ1v) is 6.29. The van der Waals surface area contributed by atoms with E-state index in [1.165, 1.54) is 11.3 Å². The van der Waals surface area contributed by atoms with Crippen molar-refractivity contribution in [2.24, 2.45) is 0 Å². The topological polar surface area (TPSA) is 42.4 Å². The molecule has 3 nitrogen and oxygen atoms in total. The largest absolute Gasteiger partial charge is 0.497 e. The number of aliphatic hydroxyl groups is 1. The summed E-state index contributed by atoms with van der Waals surface area (Å²) >= 11 is 1.49. The van der Waals surface area contributed by atoms with Gasteiger partial charge in [-0.2, -0.15) is 0 Å². The highest BCUT2D eigenvalue weighted by molar-refractivity contribution is 7.09. The van der Waals surface area contributed by atoms with Crippen molar-refractivity contribution in [3.63, 3.8) is 0 Å². The molecule has 17 heavy (non-hydrogen) atoms. The number of nitrogens with zero attached hydrogens (tertiary/aromatic N) is 1. The Morgan fingerprint density at radius 3 is 2.94 bits per heavy atom. The number of hydrogen-bond acceptors (Lipinski definition) is 4. The molecule has 0 aliphatic carbocycles. The van der Waals surface area contributed by atoms with Gasteiger partial charge < -0.3 is 9.84 Å². The number of benzene rings is 1. The van der Waals surface area contributed by atoms with E-state index < -0.39 is 6.10 Å². The normalized spacial score (nSPS) is 12.4. The lowest BCUT2D eigenvalue weighted by atomic mass is 10.1. The fourth-order valence-corrected chi connectivity index (χ4v) is 2.53. The molecule has 1 aromatic carbocycles. The van der Waals surface area contributed by atoms with Gasteiger partial charge in [0.15, 0.2) is 0 Å². The van der Waals surface area contributed by atoms with Gasteiger partial charge in [-0.05, 0) is 24.6 Å². The van der Waals surface area contributed by atoms with Crippen LogP contribution in [0.4, 0.5) is 0 Å². The quantitative estimate of drug-likeness (QED) is 0.906. The summed E-state index contributed by atoms with van der Waals surface area (Å²) in [6, 6.07) is 7.76. The smallest absolute Gasteiger partial charge is 0.119 e. The third-order valence-electron chi connectivity index (χ3n) is 2.65. The first kappa shape index (κ1) is 12.1. The highest BCUT2D eigenvalue weighted by atomic mass is 32.1. The van der Waals surface area contributed by atoms with Crippen LogP contribution in [0.2, 0.25) is 0 Å². The minimum Gasteiger partial charge on any atom is -0.497 e. The fraction of sp³-hybridized carbons (Fsp3) is 0.308. The molecular formula is C13H15NO2S. The van der Waals surface area contributed by atoms with Crippen LogP contribution in [0, 0.1) is 6.92 Å². The van der Waals surface area contributed by atoms with Crippen LogP contribution >= 0.6 is 11.3 Å². The Morgan fingerprint density at radius 2 is 2.29 bits per heavy atom. The van der Waals surface area contributed by atoms with Crippen molar-refractivity contribution in [3.05, 3.63) is 45.9 Å². The predicted octanol–water partition coefficient (Wildman–Crippen LogP) is 2.74. The van der Waals surface area contributed by atoms with Crippen molar-refractivity contribution in [2.45, 2.75) is 19.4 Å². The monoisotopic (exact) mass is 249 g/mol. The van der Waals surface area contributed by atoms with Crippen LogP contribution in [-0.2, 0) is 6.42 Å². The summed E-state index contributed by atoms with van der Waals surface area (Å²) in [4.78, 5) is 5.08. The summed E-state index contributed by atoms with van der Waals surface area (Å²) in [5.41, 5.74) is 3.73. The predicted molar refractivity (Wildman–Crippen MR) is 68.5 cm³/mol. The maximum Gasteiger partial charge on any atom is 0.119 e. The molecule has 0 spiro atoms. The van der Waals surface area contributed by atoms with Crippen molar-refractivity contribution < 1.29 is 9.84 Å². The van der Waals surface area contributed by atoms with Crippen LogP contribution in [0.5, 0.6) is 5.75 Å². The van der Waals surface area contributed by atoms with E-state index in [-0.39, 0.29) is 0 Å². The summed E-state index contributed by atoms with van der Waals surface area (Å²) in [6.07, 6.45) is 0.0925. The molecule has 4 heteroatoms. The molecule has 1 unspecified atom stereocenters. The molecule has 0 radical (unpaired) electrons. The number of aromatic nitrogens is 1. The zero-order valence-corrected chi connectivity index (χ0v) is 10.7. The molecule has 0 bridgehead atoms. The average Bonchev–Trinajstić information content (AvgIpc) is 2.76. The highest BCUT2D eigenvalue weighted by Gasteiger charge is 2.13. The summed E-state index contributed by atoms with van der Waals surface area (Å²) < 4.78 is 5.16. The van der Waals surface area contributed by atoms with Gasteiger partial charge in [0, 0.05) is 6.42 Å². The molecule has 0 saturated heterocycles. The van der Waals surface area contributed by atoms with E-state index in [1.54, 1.807) is 12.6 Å². The van der Waals surface area contributed by atoms with Gasteiger partial charge in [0.05, 0.1) is 29.3 Å². The highest BCUT2D eigenvalue weighted by Crippen LogP contribution is 2.25. The second kappa shape index (κ2) is 5.29. The van der Waals surface area contributed by atoms with Gasteiger partial charge >= 0.3 is 0 Å². The zero-order chi connectivity index (χ0) is 12.3. The van der Waals surface area contributed by atoms with Gasteiger partial charge in [-0.25, -0.2) is 4.98 Å². The number of aliphatic hydroxyl groups excluding tert-OH is 1. The SMILES string of the molecule is COc1cccc(CC(O)c2scnc2C)c1. The first-order valence-electron chi connectivity index (χ1n) is 5.41. The second-order valence-electron chi connectivity index (χ2n) is 3.87. The van der Waals surface area contributed by atoms with Crippen LogP contribution in [0.1, 0.15) is 22.2 Å². The van der Waals surface area contributed by atoms with Crippen LogP contribution in [0.3, 0.4) is 0 Å². The molecule has 0 aliphatic heterocycles. The summed E-state index contributed by atoms with van der Waals surface area (Å²) in [5.74, 6) is 0.815. The van der Waals surface area contributed by atoms with E-state index in [9.17, 15) is 5.11 Å². The Labute approximate surface area is 105 Å². The maximum atomic E-state index is 10.1. The molecule has 0 saturated carbocycles. The Hall–Kier alpha value is -1.39. The third kappa shape index (κ3) is 2.84. The number of hydrogen-bond donors (Lipinski definition) is 1. The van der Waals surface area contributed by atoms with E-state index >= 15 is 0 Å². The molecule has 0 aliphatic rings. The van der Waals surface area contributed by atoms with Crippen LogP contribution in [0.15, 0.2) is 29.8 Å². The minimum absolute atomic E-state index is 0.491. The Balaban J connectivity index is 2.13. The second-order valence-corrected chi connectivity index (χ2v) is 4.76. The number of aryl methyl sites for hydroxylation is 1. The number of rotatable bonds is 4. The molecule has 1 aromatic heterocycles. The molecule has 1 heterocycles. The molecule has 2 rings (SSSR count). The van der Waals surface area contributed by atoms with E-state index in [0.717, 1.165) is 21.9 Å². The summed E-state index contributed by atoms with van der Waals surface area (Å²) in [6.45, 7) is 1.92. The average molecular weight is 249 g/mol. The minimum atomic E-state index is -0.491. The number of methoxy groups -OCH3 is 1. The van der Waals surface area contributed by atoms with E-state index in [2.05, 4.69) is 4.98 Å². The van der Waals surface area contributed by atoms with Crippen molar-refractivity contribution in [3.8, 4) is 5.75 Å². The van der Waals surface area contributed by atoms with E-state index in [0.29, 0.717) is 6.42 Å². The third-order valence-corrected chi connectivity index (χ3v) is 3.68. The Morgan fingerprint density at radius 1 is 1.47 bits per heavy atom. The number of thiazole rings is 1. The van der Waals surface area contributed by atoms with E-state index in [4.69, 9.17) is 4.74 Å². The molecule has 90 valence electrons. The van der Waals surface area contributed by atoms with Gasteiger partial charge in [0.1, 0.15) is 5.75 Å². The molecule has 2 aromatic rings. The maximum absolute atomic E-state index is 10.1. The number of ether oxygens (including phenoxy) is 1. The summed E-state index contributed by atoms with van der Waals surface area (Å²) in [7, 11) is 1.64. The molecule has 1 N–H and O–H groups in total. The molecule has 1 atom stereocenters. The standard InChI is InChI=1S/C13H15NO2S/c1-9-13(17-8-14-9)12(15)7-10-4-3-5-11(6-10)16-2/h3-6,8,12,15H,7H2,1-2H3. The Kier molecular flexibility index (Phi) is 3.76. The van der Waals surface area contributed by atoms with Gasteiger partial charge in [-0.15, -0.1) is 11.3 Å². The van der Waals surface area contributed by atoms with Crippen molar-refractivity contribution in [1.82, 2.24) is 4.98 Å². The Bertz CT molecular complexity index is 496. The lowest BCUT2D eigenvalue weighted by Gasteiger charge is -2.10. The lowest BCUT2D eigenvalue weighted by molar-refractivity contribution is 0.181. The molecule has 0 amide bonds. The zero-order valence-electron chi connectivity index (χ0n) is 9.88. The van der Waals surface area contributed by atoms with Crippen molar-refractivity contribution in [1.29, 1.82) is 0 Å². The van der Waals surface area contributed by atoms with Crippen LogP contribution in [0.25, 0.3) is 0 Å². The van der Waals surface area contributed by atoms with Crippen molar-refractivity contribution in [2.75, 3.05) is 7.11 Å². The van der Waals surface area contributed by atoms with Gasteiger partial charge in [0.2, 0.25) is 0 Å². The van der Waals surface area contributed by atoms with Crippen molar-refractivity contribution >= 4 is 11.3 Å². The summed E-state index contributed by atoms with van der Waals surface area (Å²) in [5, 5.41) is 10.1. The molecule has 0 fully saturated rings. The lowest BCUT2D eigenvalue weighted by Crippen LogP contribution is -2.01. The van der Waals surface area contributed by atoms with Gasteiger partial charge in [0.25, 0.3) is 0 Å².